The number of fused-ring (bicyclic) bond motifs is 5. The zero-order chi connectivity index (χ0) is 22.6. The van der Waals surface area contributed by atoms with E-state index in [9.17, 15) is 0 Å². The molecule has 0 unspecified atom stereocenters. The van der Waals surface area contributed by atoms with E-state index in [-0.39, 0.29) is 0 Å². The molecule has 0 aliphatic carbocycles. The Balaban J connectivity index is 1.44. The van der Waals surface area contributed by atoms with E-state index in [0.717, 1.165) is 22.4 Å². The molecule has 7 aromatic rings. The van der Waals surface area contributed by atoms with Crippen molar-refractivity contribution in [2.75, 3.05) is 0 Å². The Morgan fingerprint density at radius 1 is 0.529 bits per heavy atom. The highest BCUT2D eigenvalue weighted by Crippen LogP contribution is 2.36. The van der Waals surface area contributed by atoms with Crippen LogP contribution in [-0.4, -0.2) is 9.55 Å². The highest BCUT2D eigenvalue weighted by atomic mass is 15.1. The van der Waals surface area contributed by atoms with Crippen LogP contribution in [0.2, 0.25) is 0 Å². The summed E-state index contributed by atoms with van der Waals surface area (Å²) in [5, 5.41) is 7.67. The average molecular weight is 435 g/mol. The van der Waals surface area contributed by atoms with Gasteiger partial charge >= 0.3 is 0 Å². The number of rotatable bonds is 2. The predicted molar refractivity (Wildman–Crippen MR) is 144 cm³/mol. The van der Waals surface area contributed by atoms with Crippen molar-refractivity contribution < 1.29 is 0 Å². The van der Waals surface area contributed by atoms with Gasteiger partial charge in [-0.05, 0) is 67.7 Å². The lowest BCUT2D eigenvalue weighted by Crippen LogP contribution is -1.91. The molecule has 0 bridgehead atoms. The maximum absolute atomic E-state index is 5.00. The number of nitrogens with zero attached hydrogens (tertiary/aromatic N) is 2. The molecule has 0 saturated carbocycles. The summed E-state index contributed by atoms with van der Waals surface area (Å²) in [5.41, 5.74) is 5.71. The minimum Gasteiger partial charge on any atom is -0.327 e. The molecule has 7 rings (SSSR count). The molecule has 0 saturated heterocycles. The van der Waals surface area contributed by atoms with Crippen molar-refractivity contribution in [3.63, 3.8) is 0 Å². The number of imidazole rings is 1. The van der Waals surface area contributed by atoms with Gasteiger partial charge in [-0.15, -0.1) is 0 Å². The summed E-state index contributed by atoms with van der Waals surface area (Å²) >= 11 is 0. The average Bonchev–Trinajstić information content (AvgIpc) is 3.23. The first kappa shape index (κ1) is 19.1. The highest BCUT2D eigenvalue weighted by molar-refractivity contribution is 6.15. The largest absolute Gasteiger partial charge is 0.327 e. The summed E-state index contributed by atoms with van der Waals surface area (Å²) in [6.45, 7) is 0. The fourth-order valence-corrected chi connectivity index (χ4v) is 5.25. The minimum atomic E-state index is 0.989. The lowest BCUT2D eigenvalue weighted by atomic mass is 9.93. The van der Waals surface area contributed by atoms with Gasteiger partial charge in [0, 0.05) is 12.6 Å². The van der Waals surface area contributed by atoms with Crippen LogP contribution in [0.15, 0.2) is 115 Å². The Labute approximate surface area is 197 Å². The van der Waals surface area contributed by atoms with Gasteiger partial charge in [0.25, 0.3) is 0 Å². The Kier molecular flexibility index (Phi) is 4.09. The van der Waals surface area contributed by atoms with E-state index in [0.29, 0.717) is 0 Å². The van der Waals surface area contributed by atoms with Crippen molar-refractivity contribution in [1.29, 1.82) is 0 Å². The van der Waals surface area contributed by atoms with Crippen molar-refractivity contribution >= 4 is 43.4 Å². The van der Waals surface area contributed by atoms with Gasteiger partial charge < -0.3 is 4.57 Å². The third kappa shape index (κ3) is 2.85. The molecule has 160 valence electrons. The van der Waals surface area contributed by atoms with Crippen LogP contribution in [-0.2, 0) is 7.05 Å². The molecule has 0 aliphatic heterocycles. The molecule has 0 fully saturated rings. The van der Waals surface area contributed by atoms with E-state index in [1.165, 1.54) is 43.4 Å². The van der Waals surface area contributed by atoms with Gasteiger partial charge in [-0.25, -0.2) is 4.98 Å². The number of benzene rings is 6. The Morgan fingerprint density at radius 2 is 1.32 bits per heavy atom. The molecular formula is C32H22N2. The molecule has 0 radical (unpaired) electrons. The van der Waals surface area contributed by atoms with Crippen LogP contribution in [0.25, 0.3) is 65.9 Å². The molecule has 1 aromatic heterocycles. The second kappa shape index (κ2) is 7.29. The van der Waals surface area contributed by atoms with Crippen LogP contribution in [0.4, 0.5) is 0 Å². The van der Waals surface area contributed by atoms with Crippen LogP contribution < -0.4 is 0 Å². The third-order valence-corrected chi connectivity index (χ3v) is 6.97. The van der Waals surface area contributed by atoms with Gasteiger partial charge in [0.1, 0.15) is 5.82 Å². The molecular weight excluding hydrogens is 412 g/mol. The van der Waals surface area contributed by atoms with Gasteiger partial charge in [0.15, 0.2) is 0 Å². The van der Waals surface area contributed by atoms with E-state index in [1.54, 1.807) is 0 Å². The zero-order valence-electron chi connectivity index (χ0n) is 18.9. The molecule has 34 heavy (non-hydrogen) atoms. The molecule has 6 aromatic carbocycles. The summed E-state index contributed by atoms with van der Waals surface area (Å²) in [7, 11) is 2.09. The fourth-order valence-electron chi connectivity index (χ4n) is 5.25. The smallest absolute Gasteiger partial charge is 0.140 e. The molecule has 0 amide bonds. The van der Waals surface area contributed by atoms with Crippen LogP contribution in [0, 0.1) is 0 Å². The first-order chi connectivity index (χ1) is 16.8. The summed E-state index contributed by atoms with van der Waals surface area (Å²) in [5.74, 6) is 0.989. The first-order valence-corrected chi connectivity index (χ1v) is 11.6. The Hall–Kier alpha value is -4.43. The van der Waals surface area contributed by atoms with E-state index < -0.39 is 0 Å². The lowest BCUT2D eigenvalue weighted by Gasteiger charge is -2.11. The van der Waals surface area contributed by atoms with Crippen LogP contribution >= 0.6 is 0 Å². The van der Waals surface area contributed by atoms with E-state index >= 15 is 0 Å². The summed E-state index contributed by atoms with van der Waals surface area (Å²) in [4.78, 5) is 5.00. The van der Waals surface area contributed by atoms with Crippen LogP contribution in [0.1, 0.15) is 0 Å². The van der Waals surface area contributed by atoms with Gasteiger partial charge in [-0.3, -0.25) is 0 Å². The van der Waals surface area contributed by atoms with Crippen molar-refractivity contribution in [3.05, 3.63) is 115 Å². The van der Waals surface area contributed by atoms with Crippen LogP contribution in [0.5, 0.6) is 0 Å². The van der Waals surface area contributed by atoms with E-state index in [2.05, 4.69) is 121 Å². The first-order valence-electron chi connectivity index (χ1n) is 11.6. The topological polar surface area (TPSA) is 17.8 Å². The van der Waals surface area contributed by atoms with Crippen molar-refractivity contribution in [2.24, 2.45) is 7.05 Å². The number of hydrogen-bond acceptors (Lipinski definition) is 1. The highest BCUT2D eigenvalue weighted by Gasteiger charge is 2.13. The minimum absolute atomic E-state index is 0.989. The molecule has 0 aliphatic rings. The Morgan fingerprint density at radius 3 is 2.18 bits per heavy atom. The van der Waals surface area contributed by atoms with Gasteiger partial charge in [0.05, 0.1) is 11.0 Å². The van der Waals surface area contributed by atoms with Crippen molar-refractivity contribution in [2.45, 2.75) is 0 Å². The maximum Gasteiger partial charge on any atom is 0.140 e. The number of aromatic nitrogens is 2. The van der Waals surface area contributed by atoms with E-state index in [1.807, 2.05) is 6.07 Å². The van der Waals surface area contributed by atoms with Crippen molar-refractivity contribution in [1.82, 2.24) is 9.55 Å². The van der Waals surface area contributed by atoms with Gasteiger partial charge in [0.2, 0.25) is 0 Å². The molecule has 0 atom stereocenters. The Bertz CT molecular complexity index is 1860. The molecule has 0 spiro atoms. The normalized spacial score (nSPS) is 11.7. The van der Waals surface area contributed by atoms with E-state index in [4.69, 9.17) is 4.98 Å². The lowest BCUT2D eigenvalue weighted by molar-refractivity contribution is 0.959. The third-order valence-electron chi connectivity index (χ3n) is 6.97. The summed E-state index contributed by atoms with van der Waals surface area (Å²) in [6.07, 6.45) is 0. The maximum atomic E-state index is 5.00. The predicted octanol–water partition coefficient (Wildman–Crippen LogP) is 8.37. The van der Waals surface area contributed by atoms with Crippen molar-refractivity contribution in [3.8, 4) is 22.5 Å². The molecule has 2 heteroatoms. The summed E-state index contributed by atoms with van der Waals surface area (Å²) in [6, 6.07) is 41.4. The van der Waals surface area contributed by atoms with Gasteiger partial charge in [-0.1, -0.05) is 91.0 Å². The second-order valence-corrected chi connectivity index (χ2v) is 8.95. The SMILES string of the molecule is Cn1c(-c2ccccc2)nc2cc(-c3cccc4c3ccc3cc5ccccc5cc34)ccc21. The fraction of sp³-hybridized carbons (Fsp3) is 0.0312. The van der Waals surface area contributed by atoms with Crippen LogP contribution in [0.3, 0.4) is 0 Å². The molecule has 2 nitrogen and oxygen atoms in total. The number of aryl methyl sites for hydroxylation is 1. The summed E-state index contributed by atoms with van der Waals surface area (Å²) < 4.78 is 2.18. The molecule has 0 N–H and O–H groups in total. The zero-order valence-corrected chi connectivity index (χ0v) is 18.9. The monoisotopic (exact) mass is 434 g/mol. The second-order valence-electron chi connectivity index (χ2n) is 8.95. The molecule has 1 heterocycles. The number of hydrogen-bond donors (Lipinski definition) is 0. The standard InChI is InChI=1S/C32H22N2/c1-34-31-17-15-25(20-30(31)33-32(34)21-8-3-2-4-9-21)26-12-7-13-27-28(26)16-14-24-18-22-10-5-6-11-23(22)19-29(24)27/h2-20H,1H3. The van der Waals surface area contributed by atoms with Gasteiger partial charge in [-0.2, -0.15) is 0 Å². The quantitative estimate of drug-likeness (QED) is 0.197.